The molecule has 2 fully saturated rings. The molecule has 2 atom stereocenters. The molecule has 2 unspecified atom stereocenters. The molecule has 0 bridgehead atoms. The maximum absolute atomic E-state index is 13.7. The Kier molecular flexibility index (Phi) is 2.77. The third-order valence-corrected chi connectivity index (χ3v) is 4.09. The molecule has 2 N–H and O–H groups in total. The first kappa shape index (κ1) is 12.1. The number of anilines is 1. The topological polar surface area (TPSA) is 66.4 Å². The van der Waals surface area contributed by atoms with E-state index in [0.29, 0.717) is 11.8 Å². The molecule has 1 amide bonds. The molecular weight excluding hydrogens is 249 g/mol. The number of fused-ring (bicyclic) bond motifs is 1. The van der Waals surface area contributed by atoms with Crippen LogP contribution in [0.4, 0.5) is 10.1 Å². The van der Waals surface area contributed by atoms with Gasteiger partial charge in [-0.25, -0.2) is 9.18 Å². The molecule has 100 valence electrons. The van der Waals surface area contributed by atoms with E-state index >= 15 is 0 Å². The number of carbonyl (C=O) groups excluding carboxylic acids is 1. The zero-order valence-corrected chi connectivity index (χ0v) is 10.2. The van der Waals surface area contributed by atoms with Crippen molar-refractivity contribution in [2.45, 2.75) is 19.3 Å². The first-order valence-corrected chi connectivity index (χ1v) is 6.38. The maximum atomic E-state index is 13.7. The summed E-state index contributed by atoms with van der Waals surface area (Å²) in [6, 6.07) is 3.50. The Morgan fingerprint density at radius 3 is 2.47 bits per heavy atom. The lowest BCUT2D eigenvalue weighted by Gasteiger charge is -2.13. The Hall–Kier alpha value is -1.91. The van der Waals surface area contributed by atoms with Crippen LogP contribution in [-0.2, 0) is 4.79 Å². The van der Waals surface area contributed by atoms with Crippen molar-refractivity contribution in [1.82, 2.24) is 0 Å². The molecule has 5 heteroatoms. The summed E-state index contributed by atoms with van der Waals surface area (Å²) in [5, 5.41) is 11.3. The van der Waals surface area contributed by atoms with E-state index in [0.717, 1.165) is 18.9 Å². The molecule has 2 saturated carbocycles. The molecule has 0 heterocycles. The second kappa shape index (κ2) is 4.33. The molecule has 4 nitrogen and oxygen atoms in total. The Morgan fingerprint density at radius 1 is 1.21 bits per heavy atom. The van der Waals surface area contributed by atoms with Crippen LogP contribution in [0.5, 0.6) is 0 Å². The fourth-order valence-corrected chi connectivity index (χ4v) is 2.91. The van der Waals surface area contributed by atoms with Crippen molar-refractivity contribution in [3.8, 4) is 0 Å². The highest BCUT2D eigenvalue weighted by molar-refractivity contribution is 5.94. The summed E-state index contributed by atoms with van der Waals surface area (Å²) < 4.78 is 13.7. The van der Waals surface area contributed by atoms with Crippen molar-refractivity contribution in [2.75, 3.05) is 5.32 Å². The highest BCUT2D eigenvalue weighted by atomic mass is 19.1. The molecule has 2 aliphatic rings. The quantitative estimate of drug-likeness (QED) is 0.880. The van der Waals surface area contributed by atoms with Crippen LogP contribution in [0.25, 0.3) is 0 Å². The van der Waals surface area contributed by atoms with Crippen molar-refractivity contribution in [1.29, 1.82) is 0 Å². The number of hydrogen-bond acceptors (Lipinski definition) is 2. The molecule has 0 spiro atoms. The molecule has 3 rings (SSSR count). The normalized spacial score (nSPS) is 27.7. The number of rotatable bonds is 3. The number of carbonyl (C=O) groups is 2. The van der Waals surface area contributed by atoms with Crippen LogP contribution in [0.1, 0.15) is 29.6 Å². The predicted molar refractivity (Wildman–Crippen MR) is 66.3 cm³/mol. The summed E-state index contributed by atoms with van der Waals surface area (Å²) >= 11 is 0. The van der Waals surface area contributed by atoms with Gasteiger partial charge in [0.25, 0.3) is 0 Å². The summed E-state index contributed by atoms with van der Waals surface area (Å²) in [5.41, 5.74) is -0.0758. The standard InChI is InChI=1S/C14H14FNO3/c15-11-6-7(14(18)19)1-2-12(11)16-13(17)10-4-8-3-9(8)5-10/h1-2,6,8-10H,3-5H2,(H,16,17)(H,18,19). The Morgan fingerprint density at radius 2 is 1.89 bits per heavy atom. The summed E-state index contributed by atoms with van der Waals surface area (Å²) in [7, 11) is 0. The van der Waals surface area contributed by atoms with Crippen LogP contribution in [-0.4, -0.2) is 17.0 Å². The van der Waals surface area contributed by atoms with E-state index in [1.54, 1.807) is 0 Å². The smallest absolute Gasteiger partial charge is 0.335 e. The molecule has 0 radical (unpaired) electrons. The summed E-state index contributed by atoms with van der Waals surface area (Å²) in [6.45, 7) is 0. The highest BCUT2D eigenvalue weighted by Gasteiger charge is 2.48. The minimum Gasteiger partial charge on any atom is -0.478 e. The van der Waals surface area contributed by atoms with E-state index < -0.39 is 11.8 Å². The summed E-state index contributed by atoms with van der Waals surface area (Å²) in [4.78, 5) is 22.6. The van der Waals surface area contributed by atoms with Crippen LogP contribution in [0.3, 0.4) is 0 Å². The second-order valence-electron chi connectivity index (χ2n) is 5.41. The average molecular weight is 263 g/mol. The third kappa shape index (κ3) is 2.32. The predicted octanol–water partition coefficient (Wildman–Crippen LogP) is 2.51. The number of carboxylic acid groups (broad SMARTS) is 1. The van der Waals surface area contributed by atoms with Crippen molar-refractivity contribution in [3.05, 3.63) is 29.6 Å². The van der Waals surface area contributed by atoms with Gasteiger partial charge in [0.15, 0.2) is 0 Å². The fraction of sp³-hybridized carbons (Fsp3) is 0.429. The number of aromatic carboxylic acids is 1. The summed E-state index contributed by atoms with van der Waals surface area (Å²) in [6.07, 6.45) is 3.02. The van der Waals surface area contributed by atoms with Crippen LogP contribution in [0, 0.1) is 23.6 Å². The number of amides is 1. The van der Waals surface area contributed by atoms with Gasteiger partial charge in [-0.1, -0.05) is 0 Å². The van der Waals surface area contributed by atoms with Gasteiger partial charge in [-0.05, 0) is 49.3 Å². The molecule has 0 saturated heterocycles. The first-order valence-electron chi connectivity index (χ1n) is 6.38. The van der Waals surface area contributed by atoms with Crippen LogP contribution < -0.4 is 5.32 Å². The molecule has 0 aliphatic heterocycles. The third-order valence-electron chi connectivity index (χ3n) is 4.09. The number of halogens is 1. The Bertz CT molecular complexity index is 548. The van der Waals surface area contributed by atoms with Crippen LogP contribution >= 0.6 is 0 Å². The lowest BCUT2D eigenvalue weighted by molar-refractivity contribution is -0.120. The lowest BCUT2D eigenvalue weighted by atomic mass is 10.0. The van der Waals surface area contributed by atoms with Gasteiger partial charge in [0.2, 0.25) is 5.91 Å². The van der Waals surface area contributed by atoms with Crippen molar-refractivity contribution in [2.24, 2.45) is 17.8 Å². The van der Waals surface area contributed by atoms with Gasteiger partial charge in [-0.15, -0.1) is 0 Å². The zero-order chi connectivity index (χ0) is 13.6. The Balaban J connectivity index is 1.69. The van der Waals surface area contributed by atoms with E-state index in [1.807, 2.05) is 0 Å². The lowest BCUT2D eigenvalue weighted by Crippen LogP contribution is -2.22. The minimum absolute atomic E-state index is 0.0256. The van der Waals surface area contributed by atoms with Gasteiger partial charge < -0.3 is 10.4 Å². The van der Waals surface area contributed by atoms with Crippen molar-refractivity contribution < 1.29 is 19.1 Å². The minimum atomic E-state index is -1.19. The zero-order valence-electron chi connectivity index (χ0n) is 10.2. The molecule has 2 aliphatic carbocycles. The molecule has 0 aromatic heterocycles. The van der Waals surface area contributed by atoms with Crippen molar-refractivity contribution >= 4 is 17.6 Å². The number of carboxylic acids is 1. The molecular formula is C14H14FNO3. The number of nitrogens with one attached hydrogen (secondary N) is 1. The van der Waals surface area contributed by atoms with E-state index in [-0.39, 0.29) is 23.1 Å². The molecule has 1 aromatic carbocycles. The second-order valence-corrected chi connectivity index (χ2v) is 5.41. The van der Waals surface area contributed by atoms with Crippen LogP contribution in [0.2, 0.25) is 0 Å². The van der Waals surface area contributed by atoms with Gasteiger partial charge in [-0.3, -0.25) is 4.79 Å². The van der Waals surface area contributed by atoms with E-state index in [1.165, 1.54) is 18.6 Å². The van der Waals surface area contributed by atoms with Gasteiger partial charge >= 0.3 is 5.97 Å². The van der Waals surface area contributed by atoms with Gasteiger partial charge in [0.1, 0.15) is 5.82 Å². The number of benzene rings is 1. The maximum Gasteiger partial charge on any atom is 0.335 e. The SMILES string of the molecule is O=C(O)c1ccc(NC(=O)C2CC3CC3C2)c(F)c1. The number of hydrogen-bond donors (Lipinski definition) is 2. The fourth-order valence-electron chi connectivity index (χ4n) is 2.91. The summed E-state index contributed by atoms with van der Waals surface area (Å²) in [5.74, 6) is -0.703. The van der Waals surface area contributed by atoms with Gasteiger partial charge in [0, 0.05) is 5.92 Å². The highest BCUT2D eigenvalue weighted by Crippen LogP contribution is 2.54. The van der Waals surface area contributed by atoms with Gasteiger partial charge in [0.05, 0.1) is 11.3 Å². The van der Waals surface area contributed by atoms with Crippen LogP contribution in [0.15, 0.2) is 18.2 Å². The first-order chi connectivity index (χ1) is 9.04. The van der Waals surface area contributed by atoms with E-state index in [2.05, 4.69) is 5.32 Å². The average Bonchev–Trinajstić information content (AvgIpc) is 2.98. The van der Waals surface area contributed by atoms with Gasteiger partial charge in [-0.2, -0.15) is 0 Å². The molecule has 19 heavy (non-hydrogen) atoms. The Labute approximate surface area is 109 Å². The van der Waals surface area contributed by atoms with E-state index in [9.17, 15) is 14.0 Å². The van der Waals surface area contributed by atoms with Crippen molar-refractivity contribution in [3.63, 3.8) is 0 Å². The monoisotopic (exact) mass is 263 g/mol. The largest absolute Gasteiger partial charge is 0.478 e. The van der Waals surface area contributed by atoms with E-state index in [4.69, 9.17) is 5.11 Å². The molecule has 1 aromatic rings.